The van der Waals surface area contributed by atoms with Gasteiger partial charge in [0.2, 0.25) is 0 Å². The van der Waals surface area contributed by atoms with Gasteiger partial charge in [0.1, 0.15) is 0 Å². The minimum Gasteiger partial charge on any atom is -0.724 e. The Balaban J connectivity index is 0. The average Bonchev–Trinajstić information content (AvgIpc) is 1.33. The molecule has 7 heavy (non-hydrogen) atoms. The van der Waals surface area contributed by atoms with E-state index in [1.54, 1.807) is 0 Å². The second kappa shape index (κ2) is 9.49. The first-order valence-corrected chi connectivity index (χ1v) is 10.5. The molecule has 0 saturated heterocycles. The molecule has 0 aliphatic rings. The van der Waals surface area contributed by atoms with Gasteiger partial charge in [0, 0.05) is 0 Å². The molecule has 0 atom stereocenters. The molecule has 0 unspecified atom stereocenters. The topological polar surface area (TPSA) is 39.4 Å². The van der Waals surface area contributed by atoms with Crippen molar-refractivity contribution in [3.05, 3.63) is 5.41 Å². The van der Waals surface area contributed by atoms with E-state index >= 15 is 0 Å². The Morgan fingerprint density at radius 3 is 1.43 bits per heavy atom. The second-order valence-electron chi connectivity index (χ2n) is 1.59. The molecular weight excluding hydrogens is 197 g/mol. The van der Waals surface area contributed by atoms with Gasteiger partial charge in [-0.1, -0.05) is 0 Å². The van der Waals surface area contributed by atoms with E-state index in [0.717, 1.165) is 0 Å². The van der Waals surface area contributed by atoms with E-state index < -0.39 is 19.8 Å². The molecule has 0 N–H and O–H groups in total. The van der Waals surface area contributed by atoms with E-state index in [9.17, 15) is 0 Å². The van der Waals surface area contributed by atoms with Crippen LogP contribution in [0.2, 0.25) is 14.8 Å². The van der Waals surface area contributed by atoms with Crippen LogP contribution in [0.4, 0.5) is 0 Å². The molecule has 0 bridgehead atoms. The third-order valence-electron chi connectivity index (χ3n) is 0. The molecule has 0 heterocycles. The SMILES string of the molecule is [CH3][Sn+]([CH3])[CH3].[N-]=C=O. The van der Waals surface area contributed by atoms with E-state index in [1.807, 2.05) is 0 Å². The van der Waals surface area contributed by atoms with Gasteiger partial charge in [-0.2, -0.15) is 0 Å². The summed E-state index contributed by atoms with van der Waals surface area (Å²) >= 11 is -0.543. The Morgan fingerprint density at radius 1 is 1.43 bits per heavy atom. The van der Waals surface area contributed by atoms with Crippen molar-refractivity contribution in [1.29, 1.82) is 0 Å². The van der Waals surface area contributed by atoms with E-state index in [1.165, 1.54) is 0 Å². The van der Waals surface area contributed by atoms with Gasteiger partial charge in [0.05, 0.1) is 0 Å². The van der Waals surface area contributed by atoms with E-state index in [4.69, 9.17) is 10.2 Å². The van der Waals surface area contributed by atoms with Crippen LogP contribution in [0.3, 0.4) is 0 Å². The van der Waals surface area contributed by atoms with Gasteiger partial charge in [-0.05, 0) is 6.08 Å². The number of isocyanates is 1. The van der Waals surface area contributed by atoms with Crippen LogP contribution in [0, 0.1) is 0 Å². The quantitative estimate of drug-likeness (QED) is 0.334. The number of rotatable bonds is 0. The summed E-state index contributed by atoms with van der Waals surface area (Å²) < 4.78 is 0. The monoisotopic (exact) mass is 207 g/mol. The molecule has 0 aromatic heterocycles. The smallest absolute Gasteiger partial charge is 0.0159 e. The van der Waals surface area contributed by atoms with Crippen LogP contribution in [0.1, 0.15) is 0 Å². The molecule has 0 fully saturated rings. The third-order valence-corrected chi connectivity index (χ3v) is 0. The van der Waals surface area contributed by atoms with Crippen molar-refractivity contribution in [2.45, 2.75) is 14.8 Å². The minimum atomic E-state index is -0.543. The fourth-order valence-corrected chi connectivity index (χ4v) is 0. The van der Waals surface area contributed by atoms with Crippen LogP contribution >= 0.6 is 0 Å². The summed E-state index contributed by atoms with van der Waals surface area (Å²) in [4.78, 5) is 15.3. The maximum atomic E-state index is 8.24. The summed E-state index contributed by atoms with van der Waals surface area (Å²) in [6, 6.07) is 0. The van der Waals surface area contributed by atoms with Crippen molar-refractivity contribution in [2.75, 3.05) is 0 Å². The molecule has 0 aromatic rings. The zero-order chi connectivity index (χ0) is 6.28. The van der Waals surface area contributed by atoms with Crippen molar-refractivity contribution < 1.29 is 4.79 Å². The molecular formula is C4H9NOSn. The predicted molar refractivity (Wildman–Crippen MR) is 32.4 cm³/mol. The maximum Gasteiger partial charge on any atom is -0.0159 e. The molecule has 3 heteroatoms. The normalized spacial score (nSPS) is 5.00. The van der Waals surface area contributed by atoms with Crippen molar-refractivity contribution in [3.8, 4) is 0 Å². The van der Waals surface area contributed by atoms with Gasteiger partial charge in [-0.25, -0.2) is 0 Å². The van der Waals surface area contributed by atoms with Gasteiger partial charge >= 0.3 is 34.6 Å². The van der Waals surface area contributed by atoms with Gasteiger partial charge < -0.3 is 5.41 Å². The molecule has 0 spiro atoms. The molecule has 0 aliphatic heterocycles. The second-order valence-corrected chi connectivity index (χ2v) is 10.2. The summed E-state index contributed by atoms with van der Waals surface area (Å²) in [6.07, 6.45) is 0.500. The first-order valence-electron chi connectivity index (χ1n) is 1.93. The minimum absolute atomic E-state index is 0.500. The fourth-order valence-electron chi connectivity index (χ4n) is 0. The largest absolute Gasteiger partial charge is 0.724 e. The van der Waals surface area contributed by atoms with Crippen molar-refractivity contribution >= 4 is 25.8 Å². The molecule has 0 amide bonds. The number of carbonyl (C=O) groups excluding carboxylic acids is 1. The van der Waals surface area contributed by atoms with Crippen molar-refractivity contribution in [3.63, 3.8) is 0 Å². The zero-order valence-corrected chi connectivity index (χ0v) is 7.71. The molecule has 0 aromatic carbocycles. The fraction of sp³-hybridized carbons (Fsp3) is 0.750. The zero-order valence-electron chi connectivity index (χ0n) is 4.86. The number of hydrogen-bond donors (Lipinski definition) is 0. The van der Waals surface area contributed by atoms with Gasteiger partial charge in [-0.3, -0.25) is 4.79 Å². The van der Waals surface area contributed by atoms with Crippen molar-refractivity contribution in [2.24, 2.45) is 0 Å². The Labute approximate surface area is 51.2 Å². The van der Waals surface area contributed by atoms with Crippen LogP contribution < -0.4 is 0 Å². The van der Waals surface area contributed by atoms with Crippen LogP contribution in [0.5, 0.6) is 0 Å². The van der Waals surface area contributed by atoms with Crippen molar-refractivity contribution in [1.82, 2.24) is 0 Å². The molecule has 0 radical (unpaired) electrons. The summed E-state index contributed by atoms with van der Waals surface area (Å²) in [5, 5.41) is 6.76. The van der Waals surface area contributed by atoms with Gasteiger partial charge in [-0.15, -0.1) is 0 Å². The number of hydrogen-bond acceptors (Lipinski definition) is 1. The summed E-state index contributed by atoms with van der Waals surface area (Å²) in [5.74, 6) is 0. The Hall–Kier alpha value is 0.179. The predicted octanol–water partition coefficient (Wildman–Crippen LogP) is 1.26. The standard InChI is InChI=1S/CNO.3CH3.Sn/c2-1-3;;;;/h;3*1H3;/q-1;;;;+1. The van der Waals surface area contributed by atoms with Crippen LogP contribution in [0.25, 0.3) is 5.41 Å². The maximum absolute atomic E-state index is 8.24. The molecule has 0 rings (SSSR count). The Kier molecular flexibility index (Phi) is 13.9. The van der Waals surface area contributed by atoms with E-state index in [2.05, 4.69) is 14.8 Å². The van der Waals surface area contributed by atoms with Crippen LogP contribution in [0.15, 0.2) is 0 Å². The summed E-state index contributed by atoms with van der Waals surface area (Å²) in [7, 11) is 0. The summed E-state index contributed by atoms with van der Waals surface area (Å²) in [6.45, 7) is 0. The number of nitrogens with zero attached hydrogens (tertiary/aromatic N) is 1. The Bertz CT molecular complexity index is 54.0. The molecule has 2 nitrogen and oxygen atoms in total. The third kappa shape index (κ3) is 3380. The molecule has 0 aliphatic carbocycles. The van der Waals surface area contributed by atoms with Gasteiger partial charge in [0.15, 0.2) is 0 Å². The average molecular weight is 206 g/mol. The van der Waals surface area contributed by atoms with E-state index in [-0.39, 0.29) is 0 Å². The van der Waals surface area contributed by atoms with E-state index in [0.29, 0.717) is 6.08 Å². The van der Waals surface area contributed by atoms with Crippen LogP contribution in [-0.2, 0) is 4.79 Å². The van der Waals surface area contributed by atoms with Crippen LogP contribution in [-0.4, -0.2) is 25.8 Å². The molecule has 0 saturated carbocycles. The summed E-state index contributed by atoms with van der Waals surface area (Å²) in [5.41, 5.74) is 0. The first kappa shape index (κ1) is 10.2. The Morgan fingerprint density at radius 2 is 1.43 bits per heavy atom. The van der Waals surface area contributed by atoms with Gasteiger partial charge in [0.25, 0.3) is 0 Å². The first-order chi connectivity index (χ1) is 3.15. The molecule has 40 valence electrons.